The Balaban J connectivity index is 1.64. The number of benzene rings is 2. The Morgan fingerprint density at radius 1 is 0.630 bits per heavy atom. The fraction of sp³-hybridized carbons (Fsp3) is 0. The van der Waals surface area contributed by atoms with Gasteiger partial charge in [-0.05, 0) is 73.0 Å². The lowest BCUT2D eigenvalue weighted by Crippen LogP contribution is -2.02. The molecule has 0 unspecified atom stereocenters. The van der Waals surface area contributed by atoms with E-state index in [1.54, 1.807) is 24.3 Å². The molecule has 0 bridgehead atoms. The Morgan fingerprint density at radius 3 is 1.30 bits per heavy atom. The van der Waals surface area contributed by atoms with Crippen LogP contribution in [0.25, 0.3) is 22.8 Å². The summed E-state index contributed by atoms with van der Waals surface area (Å²) in [5, 5.41) is 11.1. The summed E-state index contributed by atoms with van der Waals surface area (Å²) in [5.41, 5.74) is 1.45. The highest BCUT2D eigenvalue weighted by Crippen LogP contribution is 2.25. The van der Waals surface area contributed by atoms with Gasteiger partial charge in [-0.1, -0.05) is 0 Å². The molecule has 11 heteroatoms. The SMILES string of the molecule is O=S(=O)(c1ccc(-c2nc(=S)[nH][nH]2)cc1)c1ccc(-c2nc(=S)[nH][nH]2)cc1. The molecule has 0 fully saturated rings. The highest BCUT2D eigenvalue weighted by atomic mass is 32.2. The van der Waals surface area contributed by atoms with E-state index in [9.17, 15) is 8.42 Å². The van der Waals surface area contributed by atoms with Gasteiger partial charge in [-0.2, -0.15) is 9.97 Å². The molecule has 2 aromatic carbocycles. The summed E-state index contributed by atoms with van der Waals surface area (Å²) in [5.74, 6) is 1.09. The molecule has 8 nitrogen and oxygen atoms in total. The Hall–Kier alpha value is -2.89. The van der Waals surface area contributed by atoms with Gasteiger partial charge < -0.3 is 0 Å². The van der Waals surface area contributed by atoms with Gasteiger partial charge in [0.15, 0.2) is 11.6 Å². The van der Waals surface area contributed by atoms with Crippen LogP contribution >= 0.6 is 24.4 Å². The maximum atomic E-state index is 12.8. The minimum Gasteiger partial charge on any atom is -0.282 e. The van der Waals surface area contributed by atoms with Crippen molar-refractivity contribution in [2.45, 2.75) is 9.79 Å². The zero-order valence-electron chi connectivity index (χ0n) is 13.6. The van der Waals surface area contributed by atoms with Gasteiger partial charge in [-0.15, -0.1) is 0 Å². The van der Waals surface area contributed by atoms with Gasteiger partial charge in [0.1, 0.15) is 0 Å². The summed E-state index contributed by atoms with van der Waals surface area (Å²) in [7, 11) is -3.64. The average molecular weight is 417 g/mol. The van der Waals surface area contributed by atoms with Crippen LogP contribution in [0.5, 0.6) is 0 Å². The van der Waals surface area contributed by atoms with Crippen molar-refractivity contribution in [1.82, 2.24) is 30.4 Å². The number of aromatic amines is 4. The van der Waals surface area contributed by atoms with E-state index in [2.05, 4.69) is 30.4 Å². The molecule has 0 aliphatic rings. The topological polar surface area (TPSA) is 123 Å². The minimum absolute atomic E-state index is 0.187. The third-order valence-electron chi connectivity index (χ3n) is 3.88. The first-order valence-electron chi connectivity index (χ1n) is 7.69. The van der Waals surface area contributed by atoms with Crippen LogP contribution in [0, 0.1) is 9.54 Å². The normalized spacial score (nSPS) is 11.6. The van der Waals surface area contributed by atoms with E-state index in [1.165, 1.54) is 24.3 Å². The van der Waals surface area contributed by atoms with Crippen molar-refractivity contribution in [3.05, 3.63) is 58.1 Å². The van der Waals surface area contributed by atoms with Crippen LogP contribution < -0.4 is 0 Å². The van der Waals surface area contributed by atoms with E-state index in [1.807, 2.05) is 0 Å². The smallest absolute Gasteiger partial charge is 0.213 e. The highest BCUT2D eigenvalue weighted by molar-refractivity contribution is 7.91. The van der Waals surface area contributed by atoms with Crippen molar-refractivity contribution in [2.24, 2.45) is 0 Å². The molecule has 4 aromatic rings. The lowest BCUT2D eigenvalue weighted by atomic mass is 10.2. The number of H-pyrrole nitrogens is 4. The number of nitrogens with one attached hydrogen (secondary N) is 4. The maximum Gasteiger partial charge on any atom is 0.213 e. The lowest BCUT2D eigenvalue weighted by Gasteiger charge is -2.06. The molecule has 136 valence electrons. The molecule has 27 heavy (non-hydrogen) atoms. The molecule has 0 aliphatic carbocycles. The van der Waals surface area contributed by atoms with Gasteiger partial charge in [0.05, 0.1) is 9.79 Å². The maximum absolute atomic E-state index is 12.8. The van der Waals surface area contributed by atoms with E-state index in [-0.39, 0.29) is 9.79 Å². The third kappa shape index (κ3) is 3.39. The molecule has 0 aliphatic heterocycles. The molecule has 0 amide bonds. The van der Waals surface area contributed by atoms with Crippen LogP contribution in [0.15, 0.2) is 58.3 Å². The molecule has 2 aromatic heterocycles. The Morgan fingerprint density at radius 2 is 1.00 bits per heavy atom. The van der Waals surface area contributed by atoms with Crippen LogP contribution in [0.2, 0.25) is 0 Å². The van der Waals surface area contributed by atoms with E-state index in [0.29, 0.717) is 21.2 Å². The second kappa shape index (κ2) is 6.68. The van der Waals surface area contributed by atoms with Crippen LogP contribution in [-0.4, -0.2) is 38.8 Å². The number of hydrogen-bond donors (Lipinski definition) is 4. The predicted molar refractivity (Wildman–Crippen MR) is 104 cm³/mol. The molecule has 0 spiro atoms. The number of nitrogens with zero attached hydrogens (tertiary/aromatic N) is 2. The van der Waals surface area contributed by atoms with E-state index >= 15 is 0 Å². The molecular formula is C16H12N6O2S3. The molecule has 0 radical (unpaired) electrons. The summed E-state index contributed by atoms with van der Waals surface area (Å²) in [4.78, 5) is 8.59. The van der Waals surface area contributed by atoms with Crippen LogP contribution in [0.1, 0.15) is 0 Å². The fourth-order valence-electron chi connectivity index (χ4n) is 2.53. The first-order chi connectivity index (χ1) is 12.9. The Bertz CT molecular complexity index is 1210. The number of hydrogen-bond acceptors (Lipinski definition) is 6. The molecule has 4 rings (SSSR count). The molecule has 2 heterocycles. The zero-order valence-corrected chi connectivity index (χ0v) is 16.0. The summed E-state index contributed by atoms with van der Waals surface area (Å²) in [6.45, 7) is 0. The summed E-state index contributed by atoms with van der Waals surface area (Å²) < 4.78 is 26.4. The lowest BCUT2D eigenvalue weighted by molar-refractivity contribution is 0.596. The fourth-order valence-corrected chi connectivity index (χ4v) is 4.08. The van der Waals surface area contributed by atoms with E-state index in [0.717, 1.165) is 11.1 Å². The minimum atomic E-state index is -3.64. The van der Waals surface area contributed by atoms with Crippen molar-refractivity contribution >= 4 is 34.3 Å². The van der Waals surface area contributed by atoms with Gasteiger partial charge in [0, 0.05) is 11.1 Å². The average Bonchev–Trinajstić information content (AvgIpc) is 3.30. The van der Waals surface area contributed by atoms with Crippen molar-refractivity contribution in [1.29, 1.82) is 0 Å². The largest absolute Gasteiger partial charge is 0.282 e. The number of aromatic nitrogens is 6. The quantitative estimate of drug-likeness (QED) is 0.378. The van der Waals surface area contributed by atoms with Gasteiger partial charge in [-0.3, -0.25) is 20.4 Å². The standard InChI is InChI=1S/C16H12N6O2S3/c23-27(24,11-5-1-9(2-6-11)13-17-15(25)21-19-13)12-7-3-10(4-8-12)14-18-16(26)22-20-14/h1-8H,(H2,17,19,21,25)(H2,18,20,22,26). The second-order valence-corrected chi connectivity index (χ2v) is 8.31. The predicted octanol–water partition coefficient (Wildman–Crippen LogP) is 3.41. The number of rotatable bonds is 4. The molecule has 0 saturated heterocycles. The monoisotopic (exact) mass is 416 g/mol. The third-order valence-corrected chi connectivity index (χ3v) is 6.05. The first kappa shape index (κ1) is 17.5. The Labute approximate surface area is 163 Å². The summed E-state index contributed by atoms with van der Waals surface area (Å²) in [6, 6.07) is 12.8. The van der Waals surface area contributed by atoms with E-state index < -0.39 is 9.84 Å². The van der Waals surface area contributed by atoms with Crippen molar-refractivity contribution < 1.29 is 8.42 Å². The molecule has 0 atom stereocenters. The second-order valence-electron chi connectivity index (χ2n) is 5.58. The first-order valence-corrected chi connectivity index (χ1v) is 9.99. The van der Waals surface area contributed by atoms with Gasteiger partial charge >= 0.3 is 0 Å². The zero-order chi connectivity index (χ0) is 19.0. The summed E-state index contributed by atoms with van der Waals surface area (Å²) in [6.07, 6.45) is 0. The molecule has 4 N–H and O–H groups in total. The van der Waals surface area contributed by atoms with Gasteiger partial charge in [0.25, 0.3) is 0 Å². The molecular weight excluding hydrogens is 404 g/mol. The number of sulfone groups is 1. The van der Waals surface area contributed by atoms with Crippen molar-refractivity contribution in [3.8, 4) is 22.8 Å². The van der Waals surface area contributed by atoms with Crippen molar-refractivity contribution in [2.75, 3.05) is 0 Å². The Kier molecular flexibility index (Phi) is 4.34. The van der Waals surface area contributed by atoms with E-state index in [4.69, 9.17) is 24.4 Å². The molecule has 0 saturated carbocycles. The van der Waals surface area contributed by atoms with Gasteiger partial charge in [-0.25, -0.2) is 8.42 Å². The van der Waals surface area contributed by atoms with Crippen LogP contribution in [0.4, 0.5) is 0 Å². The highest BCUT2D eigenvalue weighted by Gasteiger charge is 2.18. The van der Waals surface area contributed by atoms with Gasteiger partial charge in [0.2, 0.25) is 19.4 Å². The van der Waals surface area contributed by atoms with Crippen molar-refractivity contribution in [3.63, 3.8) is 0 Å². The van der Waals surface area contributed by atoms with Crippen LogP contribution in [-0.2, 0) is 9.84 Å². The summed E-state index contributed by atoms with van der Waals surface area (Å²) >= 11 is 9.84. The van der Waals surface area contributed by atoms with Crippen LogP contribution in [0.3, 0.4) is 0 Å².